The Balaban J connectivity index is 1.39. The van der Waals surface area contributed by atoms with Gasteiger partial charge < -0.3 is 14.4 Å². The molecule has 2 aliphatic heterocycles. The van der Waals surface area contributed by atoms with Crippen LogP contribution in [0, 0.1) is 11.3 Å². The summed E-state index contributed by atoms with van der Waals surface area (Å²) in [5, 5.41) is 0. The molecule has 0 atom stereocenters. The first-order valence-corrected chi connectivity index (χ1v) is 10.4. The normalized spacial score (nSPS) is 38.7. The van der Waals surface area contributed by atoms with E-state index in [-0.39, 0.29) is 6.29 Å². The van der Waals surface area contributed by atoms with Crippen LogP contribution >= 0.6 is 22.6 Å². The Hall–Kier alpha value is 0.610. The van der Waals surface area contributed by atoms with Crippen molar-refractivity contribution in [1.29, 1.82) is 0 Å². The van der Waals surface area contributed by atoms with Crippen LogP contribution in [0.1, 0.15) is 58.8 Å². The van der Waals surface area contributed by atoms with Crippen molar-refractivity contribution in [3.63, 3.8) is 0 Å². The van der Waals surface area contributed by atoms with E-state index in [1.165, 1.54) is 51.6 Å². The number of ether oxygens (including phenoxy) is 2. The lowest BCUT2D eigenvalue weighted by molar-refractivity contribution is -0.241. The van der Waals surface area contributed by atoms with Gasteiger partial charge in [-0.05, 0) is 71.4 Å². The summed E-state index contributed by atoms with van der Waals surface area (Å²) < 4.78 is 13.2. The van der Waals surface area contributed by atoms with Crippen LogP contribution in [0.5, 0.6) is 0 Å². The van der Waals surface area contributed by atoms with Gasteiger partial charge in [-0.15, -0.1) is 0 Å². The molecule has 2 heterocycles. The highest BCUT2D eigenvalue weighted by molar-refractivity contribution is 14.1. The Morgan fingerprint density at radius 3 is 2.18 bits per heavy atom. The van der Waals surface area contributed by atoms with Crippen LogP contribution in [0.15, 0.2) is 0 Å². The van der Waals surface area contributed by atoms with Gasteiger partial charge in [-0.25, -0.2) is 0 Å². The van der Waals surface area contributed by atoms with Crippen LogP contribution < -0.4 is 0 Å². The molecule has 3 nitrogen and oxygen atoms in total. The van der Waals surface area contributed by atoms with Gasteiger partial charge in [0.25, 0.3) is 0 Å². The molecule has 22 heavy (non-hydrogen) atoms. The fraction of sp³-hybridized carbons (Fsp3) is 1.00. The smallest absolute Gasteiger partial charge is 0.157 e. The summed E-state index contributed by atoms with van der Waals surface area (Å²) >= 11 is 2.60. The Morgan fingerprint density at radius 2 is 1.64 bits per heavy atom. The van der Waals surface area contributed by atoms with Gasteiger partial charge in [-0.2, -0.15) is 0 Å². The third-order valence-electron chi connectivity index (χ3n) is 6.03. The molecule has 0 aromatic heterocycles. The lowest BCUT2D eigenvalue weighted by atomic mass is 9.75. The molecule has 0 N–H and O–H groups in total. The lowest BCUT2D eigenvalue weighted by Crippen LogP contribution is -2.45. The maximum Gasteiger partial charge on any atom is 0.157 e. The average Bonchev–Trinajstić information content (AvgIpc) is 2.53. The molecule has 1 saturated carbocycles. The maximum atomic E-state index is 6.15. The van der Waals surface area contributed by atoms with Gasteiger partial charge in [-0.1, -0.05) is 22.6 Å². The Labute approximate surface area is 149 Å². The summed E-state index contributed by atoms with van der Waals surface area (Å²) in [4.78, 5) is 2.59. The van der Waals surface area contributed by atoms with Crippen LogP contribution in [0.4, 0.5) is 0 Å². The van der Waals surface area contributed by atoms with Crippen LogP contribution in [0.25, 0.3) is 0 Å². The third-order valence-corrected chi connectivity index (χ3v) is 7.28. The molecular formula is C18H32INO2. The fourth-order valence-electron chi connectivity index (χ4n) is 4.23. The molecule has 4 heteroatoms. The molecule has 1 aliphatic carbocycles. The van der Waals surface area contributed by atoms with E-state index in [1.54, 1.807) is 0 Å². The summed E-state index contributed by atoms with van der Waals surface area (Å²) in [7, 11) is 0. The number of piperidine rings is 1. The van der Waals surface area contributed by atoms with Crippen molar-refractivity contribution in [1.82, 2.24) is 4.90 Å². The topological polar surface area (TPSA) is 21.7 Å². The standard InChI is InChI=1S/C18H32INO2/c1-14(2)20-9-5-15(6-10-20)11-17-21-12-18(13-22-17)7-3-16(19)4-8-18/h14-17H,3-13H2,1-2H3. The molecule has 1 spiro atoms. The van der Waals surface area contributed by atoms with Crippen molar-refractivity contribution in [2.75, 3.05) is 26.3 Å². The molecule has 3 rings (SSSR count). The summed E-state index contributed by atoms with van der Waals surface area (Å²) in [6.45, 7) is 8.97. The first-order chi connectivity index (χ1) is 10.6. The van der Waals surface area contributed by atoms with Crippen LogP contribution in [0.3, 0.4) is 0 Å². The third kappa shape index (κ3) is 4.37. The first kappa shape index (κ1) is 17.4. The van der Waals surface area contributed by atoms with Crippen LogP contribution in [0.2, 0.25) is 0 Å². The zero-order valence-electron chi connectivity index (χ0n) is 14.2. The van der Waals surface area contributed by atoms with Crippen molar-refractivity contribution in [3.05, 3.63) is 0 Å². The van der Waals surface area contributed by atoms with E-state index in [2.05, 4.69) is 41.3 Å². The second-order valence-electron chi connectivity index (χ2n) is 8.03. The monoisotopic (exact) mass is 421 g/mol. The van der Waals surface area contributed by atoms with Crippen molar-refractivity contribution < 1.29 is 9.47 Å². The van der Waals surface area contributed by atoms with Crippen molar-refractivity contribution in [2.24, 2.45) is 11.3 Å². The largest absolute Gasteiger partial charge is 0.352 e. The van der Waals surface area contributed by atoms with Crippen LogP contribution in [-0.2, 0) is 9.47 Å². The van der Waals surface area contributed by atoms with E-state index < -0.39 is 0 Å². The molecule has 3 aliphatic rings. The minimum atomic E-state index is 0.0681. The summed E-state index contributed by atoms with van der Waals surface area (Å²) in [6.07, 6.45) is 9.05. The van der Waals surface area contributed by atoms with E-state index in [0.29, 0.717) is 11.5 Å². The van der Waals surface area contributed by atoms with Gasteiger partial charge in [-0.3, -0.25) is 0 Å². The number of alkyl halides is 1. The predicted molar refractivity (Wildman–Crippen MR) is 98.5 cm³/mol. The molecule has 0 unspecified atom stereocenters. The van der Waals surface area contributed by atoms with Gasteiger partial charge in [0.15, 0.2) is 6.29 Å². The zero-order valence-corrected chi connectivity index (χ0v) is 16.4. The zero-order chi connectivity index (χ0) is 15.6. The van der Waals surface area contributed by atoms with Gasteiger partial charge in [0.2, 0.25) is 0 Å². The van der Waals surface area contributed by atoms with E-state index in [4.69, 9.17) is 9.47 Å². The van der Waals surface area contributed by atoms with Crippen molar-refractivity contribution >= 4 is 22.6 Å². The minimum Gasteiger partial charge on any atom is -0.352 e. The van der Waals surface area contributed by atoms with Crippen molar-refractivity contribution in [3.8, 4) is 0 Å². The lowest BCUT2D eigenvalue weighted by Gasteiger charge is -2.44. The number of hydrogen-bond acceptors (Lipinski definition) is 3. The summed E-state index contributed by atoms with van der Waals surface area (Å²) in [5.74, 6) is 0.791. The number of rotatable bonds is 3. The average molecular weight is 421 g/mol. The number of nitrogens with zero attached hydrogens (tertiary/aromatic N) is 1. The van der Waals surface area contributed by atoms with E-state index in [0.717, 1.165) is 29.5 Å². The highest BCUT2D eigenvalue weighted by Gasteiger charge is 2.40. The van der Waals surface area contributed by atoms with E-state index >= 15 is 0 Å². The SMILES string of the molecule is CC(C)N1CCC(CC2OCC3(CCC(I)CC3)CO2)CC1. The van der Waals surface area contributed by atoms with E-state index in [1.807, 2.05) is 0 Å². The Kier molecular flexibility index (Phi) is 6.07. The highest BCUT2D eigenvalue weighted by Crippen LogP contribution is 2.42. The van der Waals surface area contributed by atoms with Gasteiger partial charge in [0.05, 0.1) is 13.2 Å². The van der Waals surface area contributed by atoms with Crippen LogP contribution in [-0.4, -0.2) is 47.5 Å². The molecular weight excluding hydrogens is 389 g/mol. The predicted octanol–water partition coefficient (Wildman–Crippen LogP) is 4.23. The number of halogens is 1. The molecule has 2 saturated heterocycles. The molecule has 0 aromatic rings. The molecule has 0 amide bonds. The second-order valence-corrected chi connectivity index (χ2v) is 9.80. The van der Waals surface area contributed by atoms with Gasteiger partial charge in [0.1, 0.15) is 0 Å². The summed E-state index contributed by atoms with van der Waals surface area (Å²) in [6, 6.07) is 0.691. The number of likely N-dealkylation sites (tertiary alicyclic amines) is 1. The van der Waals surface area contributed by atoms with Crippen molar-refractivity contribution in [2.45, 2.75) is 75.0 Å². The Bertz CT molecular complexity index is 337. The Morgan fingerprint density at radius 1 is 1.05 bits per heavy atom. The fourth-order valence-corrected chi connectivity index (χ4v) is 4.85. The molecule has 0 bridgehead atoms. The molecule has 3 fully saturated rings. The molecule has 128 valence electrons. The van der Waals surface area contributed by atoms with Gasteiger partial charge in [0, 0.05) is 21.8 Å². The second kappa shape index (κ2) is 7.66. The highest BCUT2D eigenvalue weighted by atomic mass is 127. The first-order valence-electron chi connectivity index (χ1n) is 9.18. The number of hydrogen-bond donors (Lipinski definition) is 0. The molecule has 0 radical (unpaired) electrons. The minimum absolute atomic E-state index is 0.0681. The maximum absolute atomic E-state index is 6.15. The van der Waals surface area contributed by atoms with E-state index in [9.17, 15) is 0 Å². The van der Waals surface area contributed by atoms with Gasteiger partial charge >= 0.3 is 0 Å². The summed E-state index contributed by atoms with van der Waals surface area (Å²) in [5.41, 5.74) is 0.346. The quantitative estimate of drug-likeness (QED) is 0.503. The molecule has 0 aromatic carbocycles.